The summed E-state index contributed by atoms with van der Waals surface area (Å²) in [4.78, 5) is 11.0. The lowest BCUT2D eigenvalue weighted by molar-refractivity contribution is -0.152. The zero-order valence-electron chi connectivity index (χ0n) is 8.24. The minimum atomic E-state index is -0.353. The molecule has 0 aliphatic carbocycles. The highest BCUT2D eigenvalue weighted by Crippen LogP contribution is 2.11. The average molecular weight is 203 g/mol. The van der Waals surface area contributed by atoms with Crippen molar-refractivity contribution in [1.82, 2.24) is 0 Å². The zero-order chi connectivity index (χ0) is 10.2. The lowest BCUT2D eigenvalue weighted by atomic mass is 10.2. The van der Waals surface area contributed by atoms with Crippen LogP contribution in [-0.4, -0.2) is 45.0 Å². The van der Waals surface area contributed by atoms with Gasteiger partial charge in [-0.2, -0.15) is 0 Å². The monoisotopic (exact) mass is 203 g/mol. The SMILES string of the molecule is NCCOCC(=O)OCC1CCCO1. The van der Waals surface area contributed by atoms with E-state index in [1.54, 1.807) is 0 Å². The summed E-state index contributed by atoms with van der Waals surface area (Å²) in [6.45, 7) is 1.88. The Kier molecular flexibility index (Phi) is 5.51. The Morgan fingerprint density at radius 3 is 3.07 bits per heavy atom. The van der Waals surface area contributed by atoms with Gasteiger partial charge in [0, 0.05) is 13.2 Å². The molecule has 0 spiro atoms. The number of hydrogen-bond acceptors (Lipinski definition) is 5. The van der Waals surface area contributed by atoms with Crippen LogP contribution in [0.3, 0.4) is 0 Å². The molecule has 1 heterocycles. The van der Waals surface area contributed by atoms with E-state index in [9.17, 15) is 4.79 Å². The summed E-state index contributed by atoms with van der Waals surface area (Å²) in [5.41, 5.74) is 5.19. The largest absolute Gasteiger partial charge is 0.461 e. The molecule has 1 atom stereocenters. The highest BCUT2D eigenvalue weighted by Gasteiger charge is 2.17. The van der Waals surface area contributed by atoms with Crippen molar-refractivity contribution in [3.63, 3.8) is 0 Å². The lowest BCUT2D eigenvalue weighted by Gasteiger charge is -2.09. The van der Waals surface area contributed by atoms with E-state index < -0.39 is 0 Å². The van der Waals surface area contributed by atoms with Gasteiger partial charge in [0.25, 0.3) is 0 Å². The smallest absolute Gasteiger partial charge is 0.332 e. The molecule has 0 saturated carbocycles. The molecule has 82 valence electrons. The number of nitrogens with two attached hydrogens (primary N) is 1. The quantitative estimate of drug-likeness (QED) is 0.473. The van der Waals surface area contributed by atoms with E-state index in [4.69, 9.17) is 19.9 Å². The van der Waals surface area contributed by atoms with Crippen molar-refractivity contribution >= 4 is 5.97 Å². The third kappa shape index (κ3) is 4.55. The molecule has 0 aromatic rings. The predicted octanol–water partition coefficient (Wildman–Crippen LogP) is -0.316. The molecular weight excluding hydrogens is 186 g/mol. The highest BCUT2D eigenvalue weighted by atomic mass is 16.6. The van der Waals surface area contributed by atoms with Crippen LogP contribution in [0, 0.1) is 0 Å². The number of ether oxygens (including phenoxy) is 3. The minimum Gasteiger partial charge on any atom is -0.461 e. The molecule has 5 nitrogen and oxygen atoms in total. The fourth-order valence-corrected chi connectivity index (χ4v) is 1.24. The molecule has 1 aliphatic heterocycles. The number of carbonyl (C=O) groups is 1. The summed E-state index contributed by atoms with van der Waals surface area (Å²) in [5.74, 6) is -0.353. The van der Waals surface area contributed by atoms with Crippen LogP contribution in [0.15, 0.2) is 0 Å². The number of hydrogen-bond donors (Lipinski definition) is 1. The first-order valence-corrected chi connectivity index (χ1v) is 4.88. The van der Waals surface area contributed by atoms with E-state index >= 15 is 0 Å². The molecule has 1 fully saturated rings. The molecule has 1 unspecified atom stereocenters. The number of rotatable bonds is 6. The van der Waals surface area contributed by atoms with Gasteiger partial charge in [-0.3, -0.25) is 0 Å². The summed E-state index contributed by atoms with van der Waals surface area (Å²) < 4.78 is 15.2. The van der Waals surface area contributed by atoms with Crippen molar-refractivity contribution in [2.45, 2.75) is 18.9 Å². The van der Waals surface area contributed by atoms with E-state index in [0.29, 0.717) is 19.8 Å². The van der Waals surface area contributed by atoms with Gasteiger partial charge in [0.15, 0.2) is 0 Å². The lowest BCUT2D eigenvalue weighted by Crippen LogP contribution is -2.21. The maximum atomic E-state index is 11.0. The van der Waals surface area contributed by atoms with Crippen molar-refractivity contribution in [3.8, 4) is 0 Å². The van der Waals surface area contributed by atoms with Crippen molar-refractivity contribution < 1.29 is 19.0 Å². The van der Waals surface area contributed by atoms with Crippen molar-refractivity contribution in [2.75, 3.05) is 33.0 Å². The first-order valence-electron chi connectivity index (χ1n) is 4.88. The third-order valence-corrected chi connectivity index (χ3v) is 1.94. The van der Waals surface area contributed by atoms with Gasteiger partial charge in [-0.25, -0.2) is 4.79 Å². The minimum absolute atomic E-state index is 0.0239. The van der Waals surface area contributed by atoms with Crippen LogP contribution >= 0.6 is 0 Å². The molecule has 1 rings (SSSR count). The first kappa shape index (κ1) is 11.4. The predicted molar refractivity (Wildman–Crippen MR) is 49.8 cm³/mol. The topological polar surface area (TPSA) is 70.8 Å². The highest BCUT2D eigenvalue weighted by molar-refractivity contribution is 5.70. The Bertz CT molecular complexity index is 168. The van der Waals surface area contributed by atoms with Crippen LogP contribution in [-0.2, 0) is 19.0 Å². The van der Waals surface area contributed by atoms with Gasteiger partial charge in [0.1, 0.15) is 13.2 Å². The Morgan fingerprint density at radius 2 is 2.43 bits per heavy atom. The second-order valence-electron chi connectivity index (χ2n) is 3.16. The van der Waals surface area contributed by atoms with Crippen molar-refractivity contribution in [2.24, 2.45) is 5.73 Å². The van der Waals surface area contributed by atoms with Gasteiger partial charge in [0.2, 0.25) is 0 Å². The molecular formula is C9H17NO4. The standard InChI is InChI=1S/C9H17NO4/c10-3-5-12-7-9(11)14-6-8-2-1-4-13-8/h8H,1-7,10H2. The molecule has 0 aromatic carbocycles. The summed E-state index contributed by atoms with van der Waals surface area (Å²) in [6, 6.07) is 0. The fourth-order valence-electron chi connectivity index (χ4n) is 1.24. The van der Waals surface area contributed by atoms with Crippen LogP contribution in [0.5, 0.6) is 0 Å². The van der Waals surface area contributed by atoms with Crippen LogP contribution < -0.4 is 5.73 Å². The second-order valence-corrected chi connectivity index (χ2v) is 3.16. The van der Waals surface area contributed by atoms with Crippen molar-refractivity contribution in [1.29, 1.82) is 0 Å². The molecule has 0 bridgehead atoms. The number of carbonyl (C=O) groups excluding carboxylic acids is 1. The first-order chi connectivity index (χ1) is 6.83. The van der Waals surface area contributed by atoms with Gasteiger partial charge in [-0.15, -0.1) is 0 Å². The Labute approximate surface area is 83.5 Å². The zero-order valence-corrected chi connectivity index (χ0v) is 8.24. The van der Waals surface area contributed by atoms with Gasteiger partial charge in [0.05, 0.1) is 12.7 Å². The van der Waals surface area contributed by atoms with Gasteiger partial charge in [-0.1, -0.05) is 0 Å². The average Bonchev–Trinajstić information content (AvgIpc) is 2.68. The third-order valence-electron chi connectivity index (χ3n) is 1.94. The van der Waals surface area contributed by atoms with E-state index in [2.05, 4.69) is 0 Å². The van der Waals surface area contributed by atoms with E-state index in [1.165, 1.54) is 0 Å². The van der Waals surface area contributed by atoms with Crippen LogP contribution in [0.1, 0.15) is 12.8 Å². The molecule has 14 heavy (non-hydrogen) atoms. The van der Waals surface area contributed by atoms with Gasteiger partial charge < -0.3 is 19.9 Å². The molecule has 1 saturated heterocycles. The summed E-state index contributed by atoms with van der Waals surface area (Å²) in [6.07, 6.45) is 2.09. The maximum absolute atomic E-state index is 11.0. The Hall–Kier alpha value is -0.650. The van der Waals surface area contributed by atoms with E-state index in [-0.39, 0.29) is 18.7 Å². The molecule has 5 heteroatoms. The Balaban J connectivity index is 1.96. The molecule has 0 radical (unpaired) electrons. The Morgan fingerprint density at radius 1 is 1.57 bits per heavy atom. The summed E-state index contributed by atoms with van der Waals surface area (Å²) in [7, 11) is 0. The van der Waals surface area contributed by atoms with Crippen LogP contribution in [0.2, 0.25) is 0 Å². The van der Waals surface area contributed by atoms with E-state index in [0.717, 1.165) is 19.4 Å². The molecule has 0 aromatic heterocycles. The van der Waals surface area contributed by atoms with Crippen LogP contribution in [0.25, 0.3) is 0 Å². The molecule has 2 N–H and O–H groups in total. The van der Waals surface area contributed by atoms with Gasteiger partial charge in [-0.05, 0) is 12.8 Å². The fraction of sp³-hybridized carbons (Fsp3) is 0.889. The van der Waals surface area contributed by atoms with Gasteiger partial charge >= 0.3 is 5.97 Å². The van der Waals surface area contributed by atoms with Crippen molar-refractivity contribution in [3.05, 3.63) is 0 Å². The summed E-state index contributed by atoms with van der Waals surface area (Å²) >= 11 is 0. The van der Waals surface area contributed by atoms with Crippen LogP contribution in [0.4, 0.5) is 0 Å². The molecule has 0 amide bonds. The molecule has 1 aliphatic rings. The second kappa shape index (κ2) is 6.75. The number of esters is 1. The maximum Gasteiger partial charge on any atom is 0.332 e. The summed E-state index contributed by atoms with van der Waals surface area (Å²) in [5, 5.41) is 0. The van der Waals surface area contributed by atoms with E-state index in [1.807, 2.05) is 0 Å². The normalized spacial score (nSPS) is 21.1.